The van der Waals surface area contributed by atoms with Crippen LogP contribution < -0.4 is 19.1 Å². The van der Waals surface area contributed by atoms with Crippen LogP contribution in [0.4, 0.5) is 10.5 Å². The third kappa shape index (κ3) is 5.95. The van der Waals surface area contributed by atoms with E-state index in [1.165, 1.54) is 18.4 Å². The number of rotatable bonds is 7. The van der Waals surface area contributed by atoms with Gasteiger partial charge in [0.05, 0.1) is 13.7 Å². The third-order valence-corrected chi connectivity index (χ3v) is 6.91. The van der Waals surface area contributed by atoms with Gasteiger partial charge in [0, 0.05) is 37.7 Å². The van der Waals surface area contributed by atoms with Crippen LogP contribution in [-0.2, 0) is 9.53 Å². The van der Waals surface area contributed by atoms with Crippen LogP contribution in [0.1, 0.15) is 57.9 Å². The highest BCUT2D eigenvalue weighted by atomic mass is 16.6. The van der Waals surface area contributed by atoms with Crippen LogP contribution in [0.25, 0.3) is 0 Å². The highest BCUT2D eigenvalue weighted by Gasteiger charge is 2.35. The van der Waals surface area contributed by atoms with Crippen molar-refractivity contribution < 1.29 is 28.5 Å². The molecule has 3 aliphatic rings. The zero-order valence-corrected chi connectivity index (χ0v) is 22.1. The molecule has 2 aliphatic heterocycles. The largest absolute Gasteiger partial charge is 0.493 e. The van der Waals surface area contributed by atoms with Crippen LogP contribution in [0.2, 0.25) is 0 Å². The molecule has 198 valence electrons. The molecule has 2 saturated heterocycles. The molecule has 3 fully saturated rings. The van der Waals surface area contributed by atoms with Gasteiger partial charge >= 0.3 is 6.09 Å². The fourth-order valence-corrected chi connectivity index (χ4v) is 4.84. The predicted molar refractivity (Wildman–Crippen MR) is 140 cm³/mol. The lowest BCUT2D eigenvalue weighted by Gasteiger charge is -2.24. The van der Waals surface area contributed by atoms with Gasteiger partial charge in [0.2, 0.25) is 0 Å². The van der Waals surface area contributed by atoms with Gasteiger partial charge in [-0.05, 0) is 69.4 Å². The molecule has 1 aliphatic carbocycles. The molecule has 8 nitrogen and oxygen atoms in total. The molecule has 2 aromatic carbocycles. The molecular weight excluding hydrogens is 472 g/mol. The number of methoxy groups -OCH3 is 1. The molecule has 0 aromatic heterocycles. The number of hydrogen-bond acceptors (Lipinski definition) is 6. The third-order valence-electron chi connectivity index (χ3n) is 6.91. The Morgan fingerprint density at radius 2 is 1.68 bits per heavy atom. The first-order valence-corrected chi connectivity index (χ1v) is 13.1. The highest BCUT2D eigenvalue weighted by molar-refractivity contribution is 5.99. The Morgan fingerprint density at radius 3 is 2.35 bits per heavy atom. The van der Waals surface area contributed by atoms with Crippen LogP contribution >= 0.6 is 0 Å². The first-order chi connectivity index (χ1) is 17.7. The number of ether oxygens (including phenoxy) is 4. The van der Waals surface area contributed by atoms with Crippen molar-refractivity contribution >= 4 is 17.7 Å². The first-order valence-electron chi connectivity index (χ1n) is 13.1. The van der Waals surface area contributed by atoms with Gasteiger partial charge in [-0.2, -0.15) is 0 Å². The lowest BCUT2D eigenvalue weighted by atomic mass is 10.1. The van der Waals surface area contributed by atoms with Crippen molar-refractivity contribution in [2.75, 3.05) is 31.6 Å². The molecule has 0 bridgehead atoms. The number of benzene rings is 2. The number of hydrogen-bond donors (Lipinski definition) is 0. The Hall–Kier alpha value is -3.42. The summed E-state index contributed by atoms with van der Waals surface area (Å²) < 4.78 is 23.3. The van der Waals surface area contributed by atoms with Gasteiger partial charge in [-0.15, -0.1) is 0 Å². The Labute approximate surface area is 218 Å². The number of nitrogens with zero attached hydrogens (tertiary/aromatic N) is 2. The molecule has 2 aromatic rings. The highest BCUT2D eigenvalue weighted by Crippen LogP contribution is 2.40. The van der Waals surface area contributed by atoms with Gasteiger partial charge in [-0.1, -0.05) is 12.1 Å². The minimum absolute atomic E-state index is 0.0641. The Balaban J connectivity index is 1.19. The van der Waals surface area contributed by atoms with Crippen LogP contribution in [0, 0.1) is 0 Å². The zero-order valence-electron chi connectivity index (χ0n) is 22.1. The summed E-state index contributed by atoms with van der Waals surface area (Å²) in [4.78, 5) is 28.9. The van der Waals surface area contributed by atoms with Crippen molar-refractivity contribution in [2.45, 2.75) is 70.2 Å². The lowest BCUT2D eigenvalue weighted by molar-refractivity contribution is -0.122. The monoisotopic (exact) mass is 508 g/mol. The van der Waals surface area contributed by atoms with Gasteiger partial charge in [-0.25, -0.2) is 4.79 Å². The van der Waals surface area contributed by atoms with Crippen LogP contribution in [0.5, 0.6) is 17.2 Å². The maximum absolute atomic E-state index is 13.1. The SMILES string of the molecule is COc1cc(N2CCC(Oc3ccc(C4CC4)cc3)C2=O)ccc1O[C@H]1CCN(C(=O)OC(C)(C)C)C1. The van der Waals surface area contributed by atoms with E-state index < -0.39 is 11.7 Å². The van der Waals surface area contributed by atoms with E-state index in [2.05, 4.69) is 12.1 Å². The van der Waals surface area contributed by atoms with Crippen molar-refractivity contribution in [3.05, 3.63) is 48.0 Å². The van der Waals surface area contributed by atoms with Crippen LogP contribution in [0.15, 0.2) is 42.5 Å². The summed E-state index contributed by atoms with van der Waals surface area (Å²) in [5, 5.41) is 0. The molecular formula is C29H36N2O6. The second-order valence-electron chi connectivity index (χ2n) is 11.0. The normalized spacial score (nSPS) is 21.8. The molecule has 2 heterocycles. The zero-order chi connectivity index (χ0) is 26.2. The smallest absolute Gasteiger partial charge is 0.410 e. The summed E-state index contributed by atoms with van der Waals surface area (Å²) >= 11 is 0. The minimum atomic E-state index is -0.535. The molecule has 0 N–H and O–H groups in total. The van der Waals surface area contributed by atoms with E-state index >= 15 is 0 Å². The van der Waals surface area contributed by atoms with Crippen LogP contribution in [0.3, 0.4) is 0 Å². The molecule has 1 saturated carbocycles. The fraction of sp³-hybridized carbons (Fsp3) is 0.517. The van der Waals surface area contributed by atoms with Gasteiger partial charge in [0.1, 0.15) is 17.5 Å². The second kappa shape index (κ2) is 10.1. The van der Waals surface area contributed by atoms with Crippen LogP contribution in [-0.4, -0.2) is 61.5 Å². The summed E-state index contributed by atoms with van der Waals surface area (Å²) in [5.74, 6) is 2.48. The lowest BCUT2D eigenvalue weighted by Crippen LogP contribution is -2.36. The Morgan fingerprint density at radius 1 is 0.919 bits per heavy atom. The first kappa shape index (κ1) is 25.2. The maximum atomic E-state index is 13.1. The molecule has 0 spiro atoms. The number of amides is 2. The van der Waals surface area contributed by atoms with Crippen molar-refractivity contribution in [1.29, 1.82) is 0 Å². The van der Waals surface area contributed by atoms with Gasteiger partial charge in [0.25, 0.3) is 5.91 Å². The number of carbonyl (C=O) groups excluding carboxylic acids is 2. The summed E-state index contributed by atoms with van der Waals surface area (Å²) in [6.45, 7) is 7.16. The summed E-state index contributed by atoms with van der Waals surface area (Å²) in [7, 11) is 1.58. The molecule has 2 atom stereocenters. The van der Waals surface area contributed by atoms with Crippen molar-refractivity contribution in [3.63, 3.8) is 0 Å². The average Bonchev–Trinajstić information content (AvgIpc) is 3.50. The number of likely N-dealkylation sites (tertiary alicyclic amines) is 1. The van der Waals surface area contributed by atoms with Crippen molar-refractivity contribution in [1.82, 2.24) is 4.90 Å². The molecule has 8 heteroatoms. The van der Waals surface area contributed by atoms with E-state index in [-0.39, 0.29) is 18.1 Å². The quantitative estimate of drug-likeness (QED) is 0.515. The minimum Gasteiger partial charge on any atom is -0.493 e. The second-order valence-corrected chi connectivity index (χ2v) is 11.0. The molecule has 2 amide bonds. The maximum Gasteiger partial charge on any atom is 0.410 e. The van der Waals surface area contributed by atoms with Gasteiger partial charge < -0.3 is 28.7 Å². The van der Waals surface area contributed by atoms with E-state index in [0.717, 1.165) is 11.4 Å². The van der Waals surface area contributed by atoms with E-state index in [0.29, 0.717) is 49.9 Å². The molecule has 0 radical (unpaired) electrons. The van der Waals surface area contributed by atoms with E-state index in [9.17, 15) is 9.59 Å². The molecule has 37 heavy (non-hydrogen) atoms. The standard InChI is InChI=1S/C29H36N2O6/c1-29(2,3)37-28(33)30-15-13-23(18-30)36-24-12-9-21(17-26(24)34-4)31-16-14-25(27(31)32)35-22-10-7-20(8-11-22)19-5-6-19/h7-12,17,19,23,25H,5-6,13-16,18H2,1-4H3/t23-,25?/m0/s1. The summed E-state index contributed by atoms with van der Waals surface area (Å²) in [6.07, 6.45) is 2.84. The Kier molecular flexibility index (Phi) is 6.92. The van der Waals surface area contributed by atoms with Crippen molar-refractivity contribution in [3.8, 4) is 17.2 Å². The topological polar surface area (TPSA) is 77.5 Å². The predicted octanol–water partition coefficient (Wildman–Crippen LogP) is 5.15. The van der Waals surface area contributed by atoms with Gasteiger partial charge in [0.15, 0.2) is 17.6 Å². The van der Waals surface area contributed by atoms with Crippen molar-refractivity contribution in [2.24, 2.45) is 0 Å². The van der Waals surface area contributed by atoms with E-state index in [1.54, 1.807) is 16.9 Å². The number of carbonyl (C=O) groups is 2. The summed E-state index contributed by atoms with van der Waals surface area (Å²) in [5.41, 5.74) is 1.55. The number of anilines is 1. The summed E-state index contributed by atoms with van der Waals surface area (Å²) in [6, 6.07) is 13.6. The fourth-order valence-electron chi connectivity index (χ4n) is 4.84. The van der Waals surface area contributed by atoms with E-state index in [4.69, 9.17) is 18.9 Å². The van der Waals surface area contributed by atoms with Gasteiger partial charge in [-0.3, -0.25) is 4.79 Å². The molecule has 1 unspecified atom stereocenters. The average molecular weight is 509 g/mol. The Bertz CT molecular complexity index is 1140. The molecule has 5 rings (SSSR count). The van der Waals surface area contributed by atoms with E-state index in [1.807, 2.05) is 51.1 Å².